The molecule has 0 radical (unpaired) electrons. The molecule has 0 aliphatic heterocycles. The summed E-state index contributed by atoms with van der Waals surface area (Å²) >= 11 is 0. The molecule has 34 heavy (non-hydrogen) atoms. The van der Waals surface area contributed by atoms with Crippen LogP contribution < -0.4 is 0 Å². The fourth-order valence-electron chi connectivity index (χ4n) is 2.04. The predicted molar refractivity (Wildman–Crippen MR) is 77.6 cm³/mol. The van der Waals surface area contributed by atoms with Crippen LogP contribution in [0.15, 0.2) is 0 Å². The highest BCUT2D eigenvalue weighted by Gasteiger charge is 2.96. The summed E-state index contributed by atoms with van der Waals surface area (Å²) in [4.78, 5) is 1.01. The largest absolute Gasteiger partial charge is 0.460 e. The number of hydrogen-bond donors (Lipinski definition) is 0. The summed E-state index contributed by atoms with van der Waals surface area (Å²) < 4.78 is 246. The minimum absolute atomic E-state index is 0.537. The van der Waals surface area contributed by atoms with Crippen LogP contribution in [0, 0.1) is 0 Å². The maximum atomic E-state index is 13.7. The molecule has 206 valence electrons. The van der Waals surface area contributed by atoms with E-state index in [1.54, 1.807) is 0 Å². The normalized spacial score (nSPS) is 16.4. The maximum Gasteiger partial charge on any atom is 0.460 e. The zero-order valence-corrected chi connectivity index (χ0v) is 17.0. The summed E-state index contributed by atoms with van der Waals surface area (Å²) in [5, 5.41) is -7.42. The van der Waals surface area contributed by atoms with Crippen LogP contribution >= 0.6 is 0 Å². The molecule has 0 atom stereocenters. The van der Waals surface area contributed by atoms with Crippen LogP contribution in [0.3, 0.4) is 0 Å². The zero-order chi connectivity index (χ0) is 28.2. The van der Waals surface area contributed by atoms with E-state index >= 15 is 0 Å². The van der Waals surface area contributed by atoms with Crippen LogP contribution in [0.4, 0.5) is 74.6 Å². The molecule has 0 rings (SSSR count). The Kier molecular flexibility index (Phi) is 8.35. The molecule has 0 bridgehead atoms. The van der Waals surface area contributed by atoms with E-state index in [2.05, 4.69) is 0 Å². The van der Waals surface area contributed by atoms with Gasteiger partial charge in [0, 0.05) is 0 Å². The van der Waals surface area contributed by atoms with Crippen LogP contribution in [0.1, 0.15) is 6.42 Å². The van der Waals surface area contributed by atoms with Gasteiger partial charge in [-0.05, 0) is 27.1 Å². The van der Waals surface area contributed by atoms with Gasteiger partial charge in [-0.3, -0.25) is 0 Å². The molecule has 0 unspecified atom stereocenters. The van der Waals surface area contributed by atoms with Crippen LogP contribution in [-0.4, -0.2) is 86.7 Å². The summed E-state index contributed by atoms with van der Waals surface area (Å²) in [7, 11) is -4.68. The van der Waals surface area contributed by atoms with Crippen LogP contribution in [0.25, 0.3) is 0 Å². The van der Waals surface area contributed by atoms with Crippen LogP contribution in [-0.2, 0) is 9.84 Å². The van der Waals surface area contributed by atoms with Crippen LogP contribution in [0.2, 0.25) is 0 Å². The fraction of sp³-hybridized carbons (Fsp3) is 1.00. The first-order valence-electron chi connectivity index (χ1n) is 8.00. The molecule has 0 aromatic rings. The molecule has 0 aromatic carbocycles. The van der Waals surface area contributed by atoms with Crippen molar-refractivity contribution in [2.45, 2.75) is 53.4 Å². The Labute approximate surface area is 178 Å². The quantitative estimate of drug-likeness (QED) is 0.317. The van der Waals surface area contributed by atoms with Gasteiger partial charge in [-0.2, -0.15) is 74.6 Å². The summed E-state index contributed by atoms with van der Waals surface area (Å²) in [6.07, 6.45) is -8.93. The number of halogens is 17. The monoisotopic (exact) mass is 569 g/mol. The van der Waals surface area contributed by atoms with Gasteiger partial charge in [0.25, 0.3) is 0 Å². The highest BCUT2D eigenvalue weighted by Crippen LogP contribution is 2.64. The molecule has 21 heteroatoms. The Bertz CT molecular complexity index is 831. The second-order valence-electron chi connectivity index (χ2n) is 6.94. The van der Waals surface area contributed by atoms with E-state index in [0.717, 1.165) is 19.0 Å². The van der Waals surface area contributed by atoms with E-state index in [4.69, 9.17) is 0 Å². The van der Waals surface area contributed by atoms with Crippen molar-refractivity contribution in [3.05, 3.63) is 0 Å². The van der Waals surface area contributed by atoms with E-state index in [1.807, 2.05) is 0 Å². The SMILES string of the molecule is CN(C)CCCS(=O)(=O)C(F)(F)C(F)(F)C(F)(F)C(F)(F)C(F)(F)C(F)(F)C(F)(F)C(F)(F)F. The van der Waals surface area contributed by atoms with E-state index < -0.39 is 75.5 Å². The molecular formula is C13H12F17NO2S. The van der Waals surface area contributed by atoms with Gasteiger partial charge in [0.2, 0.25) is 9.84 Å². The minimum Gasteiger partial charge on any atom is -0.309 e. The Hall–Kier alpha value is -1.28. The van der Waals surface area contributed by atoms with Gasteiger partial charge in [0.1, 0.15) is 0 Å². The van der Waals surface area contributed by atoms with Crippen LogP contribution in [0.5, 0.6) is 0 Å². The minimum atomic E-state index is -8.80. The molecule has 0 saturated carbocycles. The summed E-state index contributed by atoms with van der Waals surface area (Å²) in [5.41, 5.74) is 0. The summed E-state index contributed by atoms with van der Waals surface area (Å²) in [6, 6.07) is 0. The second kappa shape index (κ2) is 8.68. The number of alkyl halides is 17. The molecular weight excluding hydrogens is 557 g/mol. The molecule has 0 amide bonds. The molecule has 0 N–H and O–H groups in total. The zero-order valence-electron chi connectivity index (χ0n) is 16.2. The van der Waals surface area contributed by atoms with Crippen molar-refractivity contribution >= 4 is 9.84 Å². The van der Waals surface area contributed by atoms with E-state index in [1.165, 1.54) is 0 Å². The molecule has 0 saturated heterocycles. The van der Waals surface area contributed by atoms with Gasteiger partial charge in [-0.25, -0.2) is 8.42 Å². The third-order valence-electron chi connectivity index (χ3n) is 4.10. The number of sulfone groups is 1. The Morgan fingerprint density at radius 1 is 0.529 bits per heavy atom. The first kappa shape index (κ1) is 32.7. The van der Waals surface area contributed by atoms with Gasteiger partial charge in [0.05, 0.1) is 5.75 Å². The van der Waals surface area contributed by atoms with Gasteiger partial charge < -0.3 is 4.90 Å². The van der Waals surface area contributed by atoms with Crippen molar-refractivity contribution in [2.24, 2.45) is 0 Å². The lowest BCUT2D eigenvalue weighted by Crippen LogP contribution is -2.75. The Morgan fingerprint density at radius 2 is 0.824 bits per heavy atom. The molecule has 0 aliphatic carbocycles. The highest BCUT2D eigenvalue weighted by molar-refractivity contribution is 7.92. The Balaban J connectivity index is 6.72. The number of nitrogens with zero attached hydrogens (tertiary/aromatic N) is 1. The lowest BCUT2D eigenvalue weighted by atomic mass is 9.91. The average molecular weight is 569 g/mol. The van der Waals surface area contributed by atoms with E-state index in [-0.39, 0.29) is 0 Å². The molecule has 3 nitrogen and oxygen atoms in total. The molecule has 0 spiro atoms. The molecule has 0 heterocycles. The standard InChI is InChI=1S/C13H12F17NO2S/c1-31(2)4-3-5-34(32,33)13(29,30)11(24,25)9(20,21)7(16,17)6(14,15)8(18,19)10(22,23)12(26,27)28/h3-5H2,1-2H3. The third-order valence-corrected chi connectivity index (χ3v) is 5.97. The van der Waals surface area contributed by atoms with Crippen molar-refractivity contribution < 1.29 is 83.1 Å². The van der Waals surface area contributed by atoms with Gasteiger partial charge in [0.15, 0.2) is 0 Å². The number of rotatable bonds is 11. The summed E-state index contributed by atoms with van der Waals surface area (Å²) in [5.74, 6) is -53.5. The molecule has 0 fully saturated rings. The van der Waals surface area contributed by atoms with Gasteiger partial charge in [-0.1, -0.05) is 0 Å². The second-order valence-corrected chi connectivity index (χ2v) is 9.09. The molecule has 0 aromatic heterocycles. The number of hydrogen-bond acceptors (Lipinski definition) is 3. The fourth-order valence-corrected chi connectivity index (χ4v) is 3.33. The van der Waals surface area contributed by atoms with E-state index in [0.29, 0.717) is 0 Å². The van der Waals surface area contributed by atoms with Crippen molar-refractivity contribution in [1.29, 1.82) is 0 Å². The first-order valence-corrected chi connectivity index (χ1v) is 9.65. The topological polar surface area (TPSA) is 37.4 Å². The smallest absolute Gasteiger partial charge is 0.309 e. The Morgan fingerprint density at radius 3 is 1.12 bits per heavy atom. The van der Waals surface area contributed by atoms with Crippen molar-refractivity contribution in [3.8, 4) is 0 Å². The van der Waals surface area contributed by atoms with Gasteiger partial charge >= 0.3 is 47.0 Å². The molecule has 0 aliphatic rings. The lowest BCUT2D eigenvalue weighted by Gasteiger charge is -2.42. The third kappa shape index (κ3) is 4.49. The average Bonchev–Trinajstić information content (AvgIpc) is 2.58. The predicted octanol–water partition coefficient (Wildman–Crippen LogP) is 5.32. The van der Waals surface area contributed by atoms with E-state index in [9.17, 15) is 83.1 Å². The van der Waals surface area contributed by atoms with Crippen molar-refractivity contribution in [1.82, 2.24) is 4.90 Å². The van der Waals surface area contributed by atoms with Crippen molar-refractivity contribution in [3.63, 3.8) is 0 Å². The first-order chi connectivity index (χ1) is 14.4. The maximum absolute atomic E-state index is 13.7. The van der Waals surface area contributed by atoms with Crippen molar-refractivity contribution in [2.75, 3.05) is 26.4 Å². The lowest BCUT2D eigenvalue weighted by molar-refractivity contribution is -0.458. The highest BCUT2D eigenvalue weighted by atomic mass is 32.2. The van der Waals surface area contributed by atoms with Gasteiger partial charge in [-0.15, -0.1) is 0 Å². The summed E-state index contributed by atoms with van der Waals surface area (Å²) in [6.45, 7) is -0.537.